The summed E-state index contributed by atoms with van der Waals surface area (Å²) in [6.45, 7) is 5.02. The minimum Gasteiger partial charge on any atom is -0.361 e. The fourth-order valence-corrected chi connectivity index (χ4v) is 4.36. The van der Waals surface area contributed by atoms with Crippen molar-refractivity contribution in [2.45, 2.75) is 32.7 Å². The average molecular weight is 392 g/mol. The Kier molecular flexibility index (Phi) is 5.62. The number of nitrogens with one attached hydrogen (secondary N) is 1. The maximum absolute atomic E-state index is 12.3. The molecular weight excluding hydrogens is 362 g/mol. The second-order valence-electron chi connectivity index (χ2n) is 8.29. The van der Waals surface area contributed by atoms with Gasteiger partial charge in [0.25, 0.3) is 5.91 Å². The van der Waals surface area contributed by atoms with E-state index in [1.807, 2.05) is 19.2 Å². The van der Waals surface area contributed by atoms with Crippen LogP contribution in [0.5, 0.6) is 0 Å². The lowest BCUT2D eigenvalue weighted by atomic mass is 9.92. The lowest BCUT2D eigenvalue weighted by molar-refractivity contribution is 0.0821. The van der Waals surface area contributed by atoms with Gasteiger partial charge in [0, 0.05) is 50.0 Å². The summed E-state index contributed by atoms with van der Waals surface area (Å²) in [6.07, 6.45) is 5.30. The van der Waals surface area contributed by atoms with Crippen LogP contribution in [0.1, 0.15) is 40.4 Å². The maximum Gasteiger partial charge on any atom is 0.272 e. The lowest BCUT2D eigenvalue weighted by Gasteiger charge is -2.33. The molecule has 3 heterocycles. The van der Waals surface area contributed by atoms with Gasteiger partial charge >= 0.3 is 0 Å². The fourth-order valence-electron chi connectivity index (χ4n) is 4.36. The average Bonchev–Trinajstić information content (AvgIpc) is 3.17. The predicted octanol–water partition coefficient (Wildman–Crippen LogP) is 3.42. The van der Waals surface area contributed by atoms with Crippen LogP contribution in [-0.4, -0.2) is 57.8 Å². The molecule has 4 rings (SSSR count). The van der Waals surface area contributed by atoms with Crippen LogP contribution in [0.25, 0.3) is 10.9 Å². The van der Waals surface area contributed by atoms with Crippen LogP contribution in [0, 0.1) is 12.8 Å². The Bertz CT molecular complexity index is 1010. The SMILES string of the molecule is Cc1nc(C[C@@H]2CCCN(Cc3cccc4[nH]ccc34)C2)cc(C(=O)N(C)C)n1. The molecule has 1 amide bonds. The fraction of sp³-hybridized carbons (Fsp3) is 0.435. The van der Waals surface area contributed by atoms with Crippen molar-refractivity contribution >= 4 is 16.8 Å². The third kappa shape index (κ3) is 4.48. The Labute approximate surface area is 172 Å². The molecule has 6 nitrogen and oxygen atoms in total. The van der Waals surface area contributed by atoms with Gasteiger partial charge in [0.15, 0.2) is 0 Å². The van der Waals surface area contributed by atoms with Crippen LogP contribution in [-0.2, 0) is 13.0 Å². The highest BCUT2D eigenvalue weighted by molar-refractivity contribution is 5.92. The van der Waals surface area contributed by atoms with E-state index in [9.17, 15) is 4.79 Å². The second-order valence-corrected chi connectivity index (χ2v) is 8.29. The number of carbonyl (C=O) groups excluding carboxylic acids is 1. The summed E-state index contributed by atoms with van der Waals surface area (Å²) in [4.78, 5) is 28.7. The summed E-state index contributed by atoms with van der Waals surface area (Å²) in [6, 6.07) is 10.5. The van der Waals surface area contributed by atoms with Crippen LogP contribution >= 0.6 is 0 Å². The summed E-state index contributed by atoms with van der Waals surface area (Å²) in [5.74, 6) is 1.15. The van der Waals surface area contributed by atoms with Crippen LogP contribution in [0.2, 0.25) is 0 Å². The number of H-pyrrole nitrogens is 1. The van der Waals surface area contributed by atoms with Gasteiger partial charge in [-0.3, -0.25) is 9.69 Å². The molecule has 1 saturated heterocycles. The zero-order chi connectivity index (χ0) is 20.4. The Balaban J connectivity index is 1.45. The van der Waals surface area contributed by atoms with Crippen LogP contribution in [0.3, 0.4) is 0 Å². The van der Waals surface area contributed by atoms with Gasteiger partial charge in [-0.1, -0.05) is 12.1 Å². The molecule has 0 saturated carbocycles. The van der Waals surface area contributed by atoms with E-state index in [1.54, 1.807) is 19.0 Å². The number of benzene rings is 1. The first-order valence-electron chi connectivity index (χ1n) is 10.3. The number of likely N-dealkylation sites (tertiary alicyclic amines) is 1. The Morgan fingerprint density at radius 1 is 1.28 bits per heavy atom. The minimum absolute atomic E-state index is 0.0679. The van der Waals surface area contributed by atoms with Crippen molar-refractivity contribution in [2.24, 2.45) is 5.92 Å². The van der Waals surface area contributed by atoms with Gasteiger partial charge in [-0.05, 0) is 62.4 Å². The standard InChI is InChI=1S/C23H29N5O/c1-16-25-19(13-22(26-16)23(29)27(2)3)12-17-6-5-11-28(14-17)15-18-7-4-8-21-20(18)9-10-24-21/h4,7-10,13,17,24H,5-6,11-12,14-15H2,1-3H3/t17-/m0/s1. The molecule has 6 heteroatoms. The zero-order valence-electron chi connectivity index (χ0n) is 17.5. The summed E-state index contributed by atoms with van der Waals surface area (Å²) >= 11 is 0. The number of aromatic nitrogens is 3. The Morgan fingerprint density at radius 3 is 2.97 bits per heavy atom. The minimum atomic E-state index is -0.0679. The van der Waals surface area contributed by atoms with Crippen molar-refractivity contribution in [3.05, 3.63) is 59.3 Å². The first kappa shape index (κ1) is 19.6. The molecule has 0 radical (unpaired) electrons. The monoisotopic (exact) mass is 391 g/mol. The molecule has 1 N–H and O–H groups in total. The number of piperidine rings is 1. The van der Waals surface area contributed by atoms with Gasteiger partial charge in [-0.25, -0.2) is 9.97 Å². The highest BCUT2D eigenvalue weighted by atomic mass is 16.2. The molecule has 0 spiro atoms. The number of nitrogens with zero attached hydrogens (tertiary/aromatic N) is 4. The zero-order valence-corrected chi connectivity index (χ0v) is 17.5. The molecule has 3 aromatic rings. The second kappa shape index (κ2) is 8.33. The molecule has 0 bridgehead atoms. The first-order valence-corrected chi connectivity index (χ1v) is 10.3. The highest BCUT2D eigenvalue weighted by Crippen LogP contribution is 2.24. The summed E-state index contributed by atoms with van der Waals surface area (Å²) < 4.78 is 0. The molecule has 1 aliphatic heterocycles. The molecule has 1 atom stereocenters. The van der Waals surface area contributed by atoms with Crippen molar-refractivity contribution in [3.63, 3.8) is 0 Å². The number of amides is 1. The van der Waals surface area contributed by atoms with E-state index in [4.69, 9.17) is 0 Å². The number of fused-ring (bicyclic) bond motifs is 1. The number of rotatable bonds is 5. The smallest absolute Gasteiger partial charge is 0.272 e. The summed E-state index contributed by atoms with van der Waals surface area (Å²) in [5.41, 5.74) is 4.04. The van der Waals surface area contributed by atoms with Gasteiger partial charge in [0.05, 0.1) is 0 Å². The van der Waals surface area contributed by atoms with Crippen LogP contribution in [0.15, 0.2) is 36.5 Å². The molecule has 0 aliphatic carbocycles. The molecule has 29 heavy (non-hydrogen) atoms. The van der Waals surface area contributed by atoms with Gasteiger partial charge in [0.1, 0.15) is 11.5 Å². The maximum atomic E-state index is 12.3. The third-order valence-corrected chi connectivity index (χ3v) is 5.70. The van der Waals surface area contributed by atoms with Crippen molar-refractivity contribution in [3.8, 4) is 0 Å². The van der Waals surface area contributed by atoms with Crippen molar-refractivity contribution in [1.82, 2.24) is 24.8 Å². The Hall–Kier alpha value is -2.73. The van der Waals surface area contributed by atoms with Crippen molar-refractivity contribution in [2.75, 3.05) is 27.2 Å². The molecule has 152 valence electrons. The number of aromatic amines is 1. The van der Waals surface area contributed by atoms with Gasteiger partial charge in [0.2, 0.25) is 0 Å². The summed E-state index contributed by atoms with van der Waals surface area (Å²) in [7, 11) is 3.51. The van der Waals surface area contributed by atoms with Crippen molar-refractivity contribution < 1.29 is 4.79 Å². The number of aryl methyl sites for hydroxylation is 1. The van der Waals surface area contributed by atoms with Gasteiger partial charge in [-0.15, -0.1) is 0 Å². The van der Waals surface area contributed by atoms with Crippen LogP contribution < -0.4 is 0 Å². The quantitative estimate of drug-likeness (QED) is 0.724. The molecule has 1 aliphatic rings. The molecule has 2 aromatic heterocycles. The molecule has 1 aromatic carbocycles. The molecule has 0 unspecified atom stereocenters. The van der Waals surface area contributed by atoms with E-state index in [0.717, 1.165) is 31.7 Å². The molecular formula is C23H29N5O. The van der Waals surface area contributed by atoms with Gasteiger partial charge in [-0.2, -0.15) is 0 Å². The van der Waals surface area contributed by atoms with E-state index in [2.05, 4.69) is 44.1 Å². The van der Waals surface area contributed by atoms with E-state index in [0.29, 0.717) is 17.4 Å². The predicted molar refractivity (Wildman–Crippen MR) is 115 cm³/mol. The first-order chi connectivity index (χ1) is 14.0. The van der Waals surface area contributed by atoms with Gasteiger partial charge < -0.3 is 9.88 Å². The van der Waals surface area contributed by atoms with E-state index in [-0.39, 0.29) is 5.91 Å². The highest BCUT2D eigenvalue weighted by Gasteiger charge is 2.22. The number of hydrogen-bond donors (Lipinski definition) is 1. The normalized spacial score (nSPS) is 17.6. The molecule has 1 fully saturated rings. The largest absolute Gasteiger partial charge is 0.361 e. The Morgan fingerprint density at radius 2 is 2.14 bits per heavy atom. The van der Waals surface area contributed by atoms with E-state index < -0.39 is 0 Å². The van der Waals surface area contributed by atoms with E-state index in [1.165, 1.54) is 29.3 Å². The number of hydrogen-bond acceptors (Lipinski definition) is 4. The topological polar surface area (TPSA) is 65.1 Å². The number of carbonyl (C=O) groups is 1. The van der Waals surface area contributed by atoms with Crippen molar-refractivity contribution in [1.29, 1.82) is 0 Å². The van der Waals surface area contributed by atoms with E-state index >= 15 is 0 Å². The lowest BCUT2D eigenvalue weighted by Crippen LogP contribution is -2.36. The summed E-state index contributed by atoms with van der Waals surface area (Å²) in [5, 5.41) is 1.31. The van der Waals surface area contributed by atoms with Crippen LogP contribution in [0.4, 0.5) is 0 Å². The third-order valence-electron chi connectivity index (χ3n) is 5.70.